The molecule has 0 saturated heterocycles. The summed E-state index contributed by atoms with van der Waals surface area (Å²) in [5.74, 6) is -0.350. The number of carbonyl (C=O) groups excluding carboxylic acids is 2. The minimum atomic E-state index is -0.183. The van der Waals surface area contributed by atoms with Crippen LogP contribution in [0.4, 0.5) is 5.69 Å². The fourth-order valence-corrected chi connectivity index (χ4v) is 3.54. The van der Waals surface area contributed by atoms with Crippen molar-refractivity contribution >= 4 is 23.0 Å². The zero-order chi connectivity index (χ0) is 19.8. The molecule has 0 radical (unpaired) electrons. The number of fused-ring (bicyclic) bond motifs is 1. The van der Waals surface area contributed by atoms with Gasteiger partial charge < -0.3 is 5.32 Å². The number of rotatable bonds is 3. The standard InChI is InChI=1S/C24H20N2O2/c1-15-8-10-18(11-9-15)25-21-22(26-13-16(2)12-17(3)14-26)24(28)20-7-5-4-6-19(20)23(21)27/h4-14H,1-3H3/p+1. The molecular formula is C24H21N2O2+. The van der Waals surface area contributed by atoms with Crippen molar-refractivity contribution in [3.8, 4) is 0 Å². The van der Waals surface area contributed by atoms with Crippen molar-refractivity contribution < 1.29 is 14.2 Å². The Balaban J connectivity index is 1.94. The first-order valence-corrected chi connectivity index (χ1v) is 9.20. The Hall–Kier alpha value is -3.53. The third-order valence-corrected chi connectivity index (χ3v) is 4.82. The monoisotopic (exact) mass is 369 g/mol. The summed E-state index contributed by atoms with van der Waals surface area (Å²) in [5.41, 5.74) is 5.42. The third kappa shape index (κ3) is 3.14. The summed E-state index contributed by atoms with van der Waals surface area (Å²) < 4.78 is 1.76. The number of allylic oxidation sites excluding steroid dienone is 2. The molecule has 1 aliphatic carbocycles. The van der Waals surface area contributed by atoms with Crippen LogP contribution in [0.5, 0.6) is 0 Å². The number of aromatic nitrogens is 1. The van der Waals surface area contributed by atoms with Crippen molar-refractivity contribution in [2.45, 2.75) is 20.8 Å². The first-order valence-electron chi connectivity index (χ1n) is 9.20. The lowest BCUT2D eigenvalue weighted by atomic mass is 9.90. The number of nitrogens with one attached hydrogen (secondary N) is 1. The van der Waals surface area contributed by atoms with Crippen molar-refractivity contribution in [1.29, 1.82) is 0 Å². The van der Waals surface area contributed by atoms with E-state index < -0.39 is 0 Å². The summed E-state index contributed by atoms with van der Waals surface area (Å²) in [7, 11) is 0. The van der Waals surface area contributed by atoms with Gasteiger partial charge in [-0.05, 0) is 39.0 Å². The highest BCUT2D eigenvalue weighted by Crippen LogP contribution is 2.27. The maximum absolute atomic E-state index is 13.4. The second-order valence-electron chi connectivity index (χ2n) is 7.22. The molecule has 1 heterocycles. The maximum Gasteiger partial charge on any atom is 0.286 e. The molecule has 2 aromatic carbocycles. The Bertz CT molecular complexity index is 1120. The molecule has 0 bridgehead atoms. The van der Waals surface area contributed by atoms with Gasteiger partial charge >= 0.3 is 0 Å². The lowest BCUT2D eigenvalue weighted by Crippen LogP contribution is -2.42. The summed E-state index contributed by atoms with van der Waals surface area (Å²) in [6.45, 7) is 5.95. The third-order valence-electron chi connectivity index (χ3n) is 4.82. The van der Waals surface area contributed by atoms with Crippen molar-refractivity contribution in [3.05, 3.63) is 101 Å². The summed E-state index contributed by atoms with van der Waals surface area (Å²) in [6.07, 6.45) is 3.75. The van der Waals surface area contributed by atoms with Crippen LogP contribution in [0, 0.1) is 20.8 Å². The van der Waals surface area contributed by atoms with Gasteiger partial charge in [-0.2, -0.15) is 4.57 Å². The molecule has 138 valence electrons. The molecule has 4 nitrogen and oxygen atoms in total. The SMILES string of the molecule is Cc1ccc(NC2=C([n+]3cc(C)cc(C)c3)C(=O)c3ccccc3C2=O)cc1. The van der Waals surface area contributed by atoms with Gasteiger partial charge in [-0.25, -0.2) is 0 Å². The molecule has 0 aliphatic heterocycles. The molecular weight excluding hydrogens is 348 g/mol. The maximum atomic E-state index is 13.4. The van der Waals surface area contributed by atoms with Gasteiger partial charge in [0.05, 0.1) is 0 Å². The first-order chi connectivity index (χ1) is 13.4. The number of Topliss-reactive ketones (excluding diaryl/α,β-unsaturated/α-hetero) is 2. The number of hydrogen-bond acceptors (Lipinski definition) is 3. The van der Waals surface area contributed by atoms with E-state index in [1.165, 1.54) is 0 Å². The largest absolute Gasteiger partial charge is 0.347 e. The van der Waals surface area contributed by atoms with E-state index in [0.29, 0.717) is 22.5 Å². The number of pyridine rings is 1. The highest BCUT2D eigenvalue weighted by atomic mass is 16.1. The summed E-state index contributed by atoms with van der Waals surface area (Å²) in [6, 6.07) is 16.8. The molecule has 0 atom stereocenters. The molecule has 0 amide bonds. The van der Waals surface area contributed by atoms with Crippen LogP contribution in [-0.2, 0) is 0 Å². The molecule has 4 heteroatoms. The smallest absolute Gasteiger partial charge is 0.286 e. The van der Waals surface area contributed by atoms with Crippen molar-refractivity contribution in [1.82, 2.24) is 0 Å². The lowest BCUT2D eigenvalue weighted by Gasteiger charge is -2.19. The van der Waals surface area contributed by atoms with E-state index in [1.54, 1.807) is 28.8 Å². The number of aryl methyl sites for hydroxylation is 3. The van der Waals surface area contributed by atoms with E-state index in [4.69, 9.17) is 0 Å². The van der Waals surface area contributed by atoms with E-state index >= 15 is 0 Å². The normalized spacial score (nSPS) is 13.5. The Morgan fingerprint density at radius 3 is 1.89 bits per heavy atom. The van der Waals surface area contributed by atoms with Gasteiger partial charge in [-0.3, -0.25) is 9.59 Å². The molecule has 0 fully saturated rings. The van der Waals surface area contributed by atoms with E-state index in [1.807, 2.05) is 63.5 Å². The highest BCUT2D eigenvalue weighted by molar-refractivity contribution is 6.36. The molecule has 0 unspecified atom stereocenters. The minimum Gasteiger partial charge on any atom is -0.347 e. The first kappa shape index (κ1) is 17.9. The van der Waals surface area contributed by atoms with Gasteiger partial charge in [0, 0.05) is 27.9 Å². The van der Waals surface area contributed by atoms with Crippen LogP contribution >= 0.6 is 0 Å². The molecule has 0 spiro atoms. The van der Waals surface area contributed by atoms with Gasteiger partial charge in [0.2, 0.25) is 5.78 Å². The summed E-state index contributed by atoms with van der Waals surface area (Å²) in [4.78, 5) is 26.7. The molecule has 1 aliphatic rings. The molecule has 1 aromatic heterocycles. The van der Waals surface area contributed by atoms with Crippen LogP contribution in [0.1, 0.15) is 37.4 Å². The van der Waals surface area contributed by atoms with Gasteiger partial charge in [0.25, 0.3) is 11.5 Å². The number of benzene rings is 2. The molecule has 1 N–H and O–H groups in total. The number of anilines is 1. The average Bonchev–Trinajstić information content (AvgIpc) is 2.67. The van der Waals surface area contributed by atoms with Crippen molar-refractivity contribution in [2.24, 2.45) is 0 Å². The van der Waals surface area contributed by atoms with Crippen LogP contribution in [0.25, 0.3) is 5.70 Å². The van der Waals surface area contributed by atoms with E-state index in [2.05, 4.69) is 5.32 Å². The predicted octanol–water partition coefficient (Wildman–Crippen LogP) is 4.26. The predicted molar refractivity (Wildman–Crippen MR) is 109 cm³/mol. The zero-order valence-corrected chi connectivity index (χ0v) is 16.1. The molecule has 0 saturated carbocycles. The Morgan fingerprint density at radius 1 is 0.714 bits per heavy atom. The zero-order valence-electron chi connectivity index (χ0n) is 16.1. The average molecular weight is 369 g/mol. The van der Waals surface area contributed by atoms with Gasteiger partial charge in [-0.1, -0.05) is 42.0 Å². The molecule has 4 rings (SSSR count). The van der Waals surface area contributed by atoms with Gasteiger partial charge in [0.15, 0.2) is 18.1 Å². The minimum absolute atomic E-state index is 0.167. The van der Waals surface area contributed by atoms with Crippen LogP contribution in [0.15, 0.2) is 72.7 Å². The Morgan fingerprint density at radius 2 is 1.29 bits per heavy atom. The second-order valence-corrected chi connectivity index (χ2v) is 7.22. The van der Waals surface area contributed by atoms with E-state index in [9.17, 15) is 9.59 Å². The van der Waals surface area contributed by atoms with Crippen LogP contribution in [0.2, 0.25) is 0 Å². The van der Waals surface area contributed by atoms with Gasteiger partial charge in [0.1, 0.15) is 0 Å². The lowest BCUT2D eigenvalue weighted by molar-refractivity contribution is -0.578. The van der Waals surface area contributed by atoms with Crippen molar-refractivity contribution in [3.63, 3.8) is 0 Å². The van der Waals surface area contributed by atoms with E-state index in [0.717, 1.165) is 22.4 Å². The van der Waals surface area contributed by atoms with Gasteiger partial charge in [-0.15, -0.1) is 0 Å². The number of nitrogens with zero attached hydrogens (tertiary/aromatic N) is 1. The molecule has 3 aromatic rings. The quantitative estimate of drug-likeness (QED) is 0.702. The topological polar surface area (TPSA) is 50.1 Å². The fourth-order valence-electron chi connectivity index (χ4n) is 3.54. The Kier molecular flexibility index (Phi) is 4.40. The number of hydrogen-bond donors (Lipinski definition) is 1. The van der Waals surface area contributed by atoms with Crippen LogP contribution in [0.3, 0.4) is 0 Å². The highest BCUT2D eigenvalue weighted by Gasteiger charge is 2.38. The van der Waals surface area contributed by atoms with Crippen molar-refractivity contribution in [2.75, 3.05) is 5.32 Å². The summed E-state index contributed by atoms with van der Waals surface area (Å²) >= 11 is 0. The van der Waals surface area contributed by atoms with Crippen LogP contribution in [-0.4, -0.2) is 11.6 Å². The van der Waals surface area contributed by atoms with Crippen LogP contribution < -0.4 is 9.88 Å². The number of ketones is 2. The van der Waals surface area contributed by atoms with E-state index in [-0.39, 0.29) is 11.6 Å². The fraction of sp³-hybridized carbons (Fsp3) is 0.125. The number of carbonyl (C=O) groups is 2. The second kappa shape index (κ2) is 6.89. The summed E-state index contributed by atoms with van der Waals surface area (Å²) in [5, 5.41) is 3.21. The molecule has 28 heavy (non-hydrogen) atoms. The Labute approximate surface area is 164 Å².